The van der Waals surface area contributed by atoms with Crippen LogP contribution in [-0.4, -0.2) is 48.8 Å². The number of hydrogen-bond acceptors (Lipinski definition) is 3. The van der Waals surface area contributed by atoms with Gasteiger partial charge in [-0.3, -0.25) is 4.90 Å². The Morgan fingerprint density at radius 3 is 2.65 bits per heavy atom. The molecule has 0 aliphatic carbocycles. The van der Waals surface area contributed by atoms with Crippen molar-refractivity contribution in [2.45, 2.75) is 37.8 Å². The first-order valence-electron chi connectivity index (χ1n) is 7.65. The van der Waals surface area contributed by atoms with Gasteiger partial charge in [0, 0.05) is 44.2 Å². The zero-order chi connectivity index (χ0) is 14.1. The lowest BCUT2D eigenvalue weighted by Gasteiger charge is -2.39. The van der Waals surface area contributed by atoms with Gasteiger partial charge in [-0.2, -0.15) is 5.10 Å². The summed E-state index contributed by atoms with van der Waals surface area (Å²) >= 11 is 0. The number of hydrazone groups is 1. The molecule has 2 fully saturated rings. The summed E-state index contributed by atoms with van der Waals surface area (Å²) in [5.74, 6) is 0.573. The van der Waals surface area contributed by atoms with E-state index in [9.17, 15) is 0 Å². The summed E-state index contributed by atoms with van der Waals surface area (Å²) < 4.78 is 0. The quantitative estimate of drug-likeness (QED) is 0.787. The van der Waals surface area contributed by atoms with Gasteiger partial charge >= 0.3 is 0 Å². The summed E-state index contributed by atoms with van der Waals surface area (Å²) in [6.07, 6.45) is 4.92. The van der Waals surface area contributed by atoms with Crippen molar-refractivity contribution in [1.82, 2.24) is 9.91 Å². The molecule has 20 heavy (non-hydrogen) atoms. The highest BCUT2D eigenvalue weighted by molar-refractivity contribution is 5.89. The van der Waals surface area contributed by atoms with Gasteiger partial charge in [-0.15, -0.1) is 0 Å². The molecule has 0 spiro atoms. The second kappa shape index (κ2) is 5.57. The topological polar surface area (TPSA) is 18.8 Å². The Kier molecular flexibility index (Phi) is 3.79. The second-order valence-corrected chi connectivity index (χ2v) is 6.40. The van der Waals surface area contributed by atoms with Crippen LogP contribution in [0.5, 0.6) is 0 Å². The molecule has 0 saturated carbocycles. The van der Waals surface area contributed by atoms with Crippen LogP contribution in [0.2, 0.25) is 0 Å². The van der Waals surface area contributed by atoms with Gasteiger partial charge < -0.3 is 5.01 Å². The van der Waals surface area contributed by atoms with Gasteiger partial charge in [0.2, 0.25) is 0 Å². The summed E-state index contributed by atoms with van der Waals surface area (Å²) in [6, 6.07) is 12.3. The van der Waals surface area contributed by atoms with E-state index in [4.69, 9.17) is 5.10 Å². The van der Waals surface area contributed by atoms with E-state index in [1.165, 1.54) is 24.1 Å². The van der Waals surface area contributed by atoms with Crippen molar-refractivity contribution in [3.63, 3.8) is 0 Å². The van der Waals surface area contributed by atoms with Crippen molar-refractivity contribution in [3.8, 4) is 0 Å². The molecular formula is C17H25N3. The average molecular weight is 271 g/mol. The van der Waals surface area contributed by atoms with E-state index in [2.05, 4.69) is 42.3 Å². The predicted octanol–water partition coefficient (Wildman–Crippen LogP) is 2.63. The summed E-state index contributed by atoms with van der Waals surface area (Å²) in [4.78, 5) is 2.60. The molecule has 0 N–H and O–H groups in total. The largest absolute Gasteiger partial charge is 0.303 e. The number of nitrogens with zero attached hydrogens (tertiary/aromatic N) is 3. The van der Waals surface area contributed by atoms with Crippen LogP contribution >= 0.6 is 0 Å². The van der Waals surface area contributed by atoms with E-state index in [-0.39, 0.29) is 0 Å². The van der Waals surface area contributed by atoms with Crippen LogP contribution in [0.3, 0.4) is 0 Å². The molecule has 2 bridgehead atoms. The normalized spacial score (nSPS) is 31.8. The molecule has 3 heteroatoms. The van der Waals surface area contributed by atoms with Gasteiger partial charge in [-0.05, 0) is 31.9 Å². The Morgan fingerprint density at radius 2 is 1.95 bits per heavy atom. The highest BCUT2D eigenvalue weighted by atomic mass is 15.4. The maximum Gasteiger partial charge on any atom is 0.0445 e. The number of benzene rings is 1. The molecule has 2 aliphatic heterocycles. The van der Waals surface area contributed by atoms with E-state index in [1.807, 2.05) is 19.1 Å². The van der Waals surface area contributed by atoms with Crippen molar-refractivity contribution >= 4 is 5.71 Å². The molecule has 1 aromatic carbocycles. The molecule has 108 valence electrons. The van der Waals surface area contributed by atoms with E-state index < -0.39 is 0 Å². The Bertz CT molecular complexity index is 480. The van der Waals surface area contributed by atoms with Gasteiger partial charge in [-0.1, -0.05) is 30.3 Å². The van der Waals surface area contributed by atoms with Gasteiger partial charge in [0.25, 0.3) is 0 Å². The molecule has 0 amide bonds. The van der Waals surface area contributed by atoms with Gasteiger partial charge in [-0.25, -0.2) is 0 Å². The smallest absolute Gasteiger partial charge is 0.0445 e. The molecule has 2 saturated heterocycles. The molecule has 2 aliphatic rings. The molecule has 3 atom stereocenters. The van der Waals surface area contributed by atoms with Crippen molar-refractivity contribution < 1.29 is 0 Å². The number of piperidine rings is 1. The van der Waals surface area contributed by atoms with E-state index >= 15 is 0 Å². The first-order chi connectivity index (χ1) is 9.65. The third-order valence-electron chi connectivity index (χ3n) is 4.86. The van der Waals surface area contributed by atoms with Crippen molar-refractivity contribution in [2.24, 2.45) is 11.0 Å². The minimum absolute atomic E-state index is 0.573. The lowest BCUT2D eigenvalue weighted by molar-refractivity contribution is 0.187. The lowest BCUT2D eigenvalue weighted by atomic mass is 9.83. The summed E-state index contributed by atoms with van der Waals surface area (Å²) in [5, 5.41) is 6.78. The molecule has 1 aromatic rings. The highest BCUT2D eigenvalue weighted by Crippen LogP contribution is 2.38. The van der Waals surface area contributed by atoms with Crippen molar-refractivity contribution in [3.05, 3.63) is 35.9 Å². The molecule has 3 rings (SSSR count). The van der Waals surface area contributed by atoms with Gasteiger partial charge in [0.15, 0.2) is 0 Å². The minimum atomic E-state index is 0.573. The van der Waals surface area contributed by atoms with E-state index in [0.717, 1.165) is 12.8 Å². The molecule has 0 aromatic heterocycles. The van der Waals surface area contributed by atoms with Crippen LogP contribution in [0.15, 0.2) is 35.4 Å². The Labute approximate surface area is 122 Å². The van der Waals surface area contributed by atoms with E-state index in [1.54, 1.807) is 0 Å². The average Bonchev–Trinajstić information content (AvgIpc) is 2.67. The van der Waals surface area contributed by atoms with Crippen molar-refractivity contribution in [1.29, 1.82) is 0 Å². The second-order valence-electron chi connectivity index (χ2n) is 6.40. The maximum atomic E-state index is 4.81. The predicted molar refractivity (Wildman–Crippen MR) is 83.9 cm³/mol. The van der Waals surface area contributed by atoms with Crippen LogP contribution in [0, 0.1) is 5.92 Å². The minimum Gasteiger partial charge on any atom is -0.303 e. The van der Waals surface area contributed by atoms with Crippen LogP contribution in [0.1, 0.15) is 24.8 Å². The fourth-order valence-corrected chi connectivity index (χ4v) is 3.88. The Morgan fingerprint density at radius 1 is 1.20 bits per heavy atom. The maximum absolute atomic E-state index is 4.81. The number of fused-ring (bicyclic) bond motifs is 2. The van der Waals surface area contributed by atoms with Crippen LogP contribution < -0.4 is 0 Å². The monoisotopic (exact) mass is 271 g/mol. The summed E-state index contributed by atoms with van der Waals surface area (Å²) in [6.45, 7) is 0. The summed E-state index contributed by atoms with van der Waals surface area (Å²) in [7, 11) is 6.37. The zero-order valence-corrected chi connectivity index (χ0v) is 12.8. The van der Waals surface area contributed by atoms with Crippen LogP contribution in [-0.2, 0) is 6.42 Å². The van der Waals surface area contributed by atoms with Crippen LogP contribution in [0.25, 0.3) is 0 Å². The molecule has 3 nitrogen and oxygen atoms in total. The highest BCUT2D eigenvalue weighted by Gasteiger charge is 2.43. The Balaban J connectivity index is 1.86. The summed E-state index contributed by atoms with van der Waals surface area (Å²) in [5.41, 5.74) is 2.84. The Hall–Kier alpha value is -1.35. The first-order valence-corrected chi connectivity index (χ1v) is 7.65. The fraction of sp³-hybridized carbons (Fsp3) is 0.588. The van der Waals surface area contributed by atoms with Crippen LogP contribution in [0.4, 0.5) is 0 Å². The zero-order valence-electron chi connectivity index (χ0n) is 12.8. The number of rotatable bonds is 3. The third kappa shape index (κ3) is 2.59. The molecule has 0 radical (unpaired) electrons. The molecule has 2 heterocycles. The van der Waals surface area contributed by atoms with Crippen molar-refractivity contribution in [2.75, 3.05) is 21.1 Å². The van der Waals surface area contributed by atoms with E-state index in [0.29, 0.717) is 18.0 Å². The standard InChI is InChI=1S/C17H25N3/c1-19(2)18-16-12-14-9-10-17(20(14)3)15(16)11-13-7-5-4-6-8-13/h4-8,14-15,17H,9-12H2,1-3H3/b18-16+/t14-,15?,17+/m1/s1. The molecular weight excluding hydrogens is 246 g/mol. The SMILES string of the molecule is CN(C)/N=C1\C[C@H]2CC[C@@H](C1Cc1ccccc1)N2C. The third-order valence-corrected chi connectivity index (χ3v) is 4.86. The molecule has 1 unspecified atom stereocenters. The first kappa shape index (κ1) is 13.6. The lowest BCUT2D eigenvalue weighted by Crippen LogP contribution is -2.48. The number of hydrogen-bond donors (Lipinski definition) is 0. The fourth-order valence-electron chi connectivity index (χ4n) is 3.88. The van der Waals surface area contributed by atoms with Gasteiger partial charge in [0.05, 0.1) is 0 Å². The van der Waals surface area contributed by atoms with Gasteiger partial charge in [0.1, 0.15) is 0 Å².